The van der Waals surface area contributed by atoms with Crippen LogP contribution in [0, 0.1) is 0 Å². The van der Waals surface area contributed by atoms with Crippen LogP contribution in [0.5, 0.6) is 0 Å². The molecule has 0 aliphatic rings. The fourth-order valence-electron chi connectivity index (χ4n) is 1.39. The Hall–Kier alpha value is -1.03. The van der Waals surface area contributed by atoms with Gasteiger partial charge in [-0.3, -0.25) is 4.79 Å². The molecule has 2 N–H and O–H groups in total. The van der Waals surface area contributed by atoms with Crippen LogP contribution in [0.4, 0.5) is 5.69 Å². The standard InChI is InChI=1S/C11H15BrN2O/c1-3-4-14(2)11(15)8-5-9(12)7-10(13)6-8/h5-7H,3-4,13H2,1-2H3. The fraction of sp³-hybridized carbons (Fsp3) is 0.364. The van der Waals surface area contributed by atoms with Crippen LogP contribution in [-0.2, 0) is 0 Å². The summed E-state index contributed by atoms with van der Waals surface area (Å²) in [6, 6.07) is 5.25. The molecule has 4 heteroatoms. The van der Waals surface area contributed by atoms with Gasteiger partial charge in [0.25, 0.3) is 5.91 Å². The first-order chi connectivity index (χ1) is 7.04. The summed E-state index contributed by atoms with van der Waals surface area (Å²) in [5.41, 5.74) is 6.89. The summed E-state index contributed by atoms with van der Waals surface area (Å²) in [5.74, 6) is 0.00449. The largest absolute Gasteiger partial charge is 0.399 e. The molecule has 0 unspecified atom stereocenters. The maximum absolute atomic E-state index is 11.9. The summed E-state index contributed by atoms with van der Waals surface area (Å²) < 4.78 is 0.829. The van der Waals surface area contributed by atoms with E-state index in [1.165, 1.54) is 0 Å². The highest BCUT2D eigenvalue weighted by Crippen LogP contribution is 2.18. The Balaban J connectivity index is 2.90. The molecule has 0 atom stereocenters. The van der Waals surface area contributed by atoms with Crippen LogP contribution in [0.3, 0.4) is 0 Å². The van der Waals surface area contributed by atoms with Gasteiger partial charge in [-0.15, -0.1) is 0 Å². The van der Waals surface area contributed by atoms with Gasteiger partial charge >= 0.3 is 0 Å². The topological polar surface area (TPSA) is 46.3 Å². The molecular weight excluding hydrogens is 256 g/mol. The maximum Gasteiger partial charge on any atom is 0.253 e. The molecule has 15 heavy (non-hydrogen) atoms. The summed E-state index contributed by atoms with van der Waals surface area (Å²) in [5, 5.41) is 0. The number of nitrogens with two attached hydrogens (primary N) is 1. The van der Waals surface area contributed by atoms with Crippen molar-refractivity contribution in [2.24, 2.45) is 0 Å². The zero-order valence-corrected chi connectivity index (χ0v) is 10.5. The van der Waals surface area contributed by atoms with Gasteiger partial charge in [0.15, 0.2) is 0 Å². The minimum absolute atomic E-state index is 0.00449. The van der Waals surface area contributed by atoms with E-state index in [1.54, 1.807) is 30.1 Å². The van der Waals surface area contributed by atoms with E-state index in [2.05, 4.69) is 15.9 Å². The summed E-state index contributed by atoms with van der Waals surface area (Å²) in [6.07, 6.45) is 0.950. The Morgan fingerprint density at radius 3 is 2.67 bits per heavy atom. The van der Waals surface area contributed by atoms with E-state index < -0.39 is 0 Å². The number of amides is 1. The van der Waals surface area contributed by atoms with Crippen LogP contribution in [0.15, 0.2) is 22.7 Å². The van der Waals surface area contributed by atoms with E-state index in [9.17, 15) is 4.79 Å². The Bertz CT molecular complexity index is 345. The molecule has 0 heterocycles. The Labute approximate surface area is 98.4 Å². The normalized spacial score (nSPS) is 10.1. The van der Waals surface area contributed by atoms with Crippen molar-refractivity contribution in [3.63, 3.8) is 0 Å². The summed E-state index contributed by atoms with van der Waals surface area (Å²) in [7, 11) is 1.79. The van der Waals surface area contributed by atoms with Crippen molar-refractivity contribution in [3.8, 4) is 0 Å². The second-order valence-corrected chi connectivity index (χ2v) is 4.42. The van der Waals surface area contributed by atoms with E-state index in [0.29, 0.717) is 11.3 Å². The van der Waals surface area contributed by atoms with Gasteiger partial charge in [0.2, 0.25) is 0 Å². The molecular formula is C11H15BrN2O. The van der Waals surface area contributed by atoms with E-state index in [-0.39, 0.29) is 5.91 Å². The van der Waals surface area contributed by atoms with Gasteiger partial charge < -0.3 is 10.6 Å². The van der Waals surface area contributed by atoms with Crippen LogP contribution >= 0.6 is 15.9 Å². The third kappa shape index (κ3) is 3.23. The number of nitrogen functional groups attached to an aromatic ring is 1. The summed E-state index contributed by atoms with van der Waals surface area (Å²) in [4.78, 5) is 13.6. The second kappa shape index (κ2) is 5.16. The van der Waals surface area contributed by atoms with E-state index >= 15 is 0 Å². The zero-order chi connectivity index (χ0) is 11.4. The van der Waals surface area contributed by atoms with Gasteiger partial charge in [-0.05, 0) is 24.6 Å². The van der Waals surface area contributed by atoms with E-state index in [1.807, 2.05) is 6.92 Å². The minimum Gasteiger partial charge on any atom is -0.399 e. The Morgan fingerprint density at radius 1 is 1.47 bits per heavy atom. The molecule has 82 valence electrons. The Kier molecular flexibility index (Phi) is 4.15. The highest BCUT2D eigenvalue weighted by molar-refractivity contribution is 9.10. The van der Waals surface area contributed by atoms with Crippen molar-refractivity contribution < 1.29 is 4.79 Å². The van der Waals surface area contributed by atoms with E-state index in [4.69, 9.17) is 5.73 Å². The average Bonchev–Trinajstić information content (AvgIpc) is 2.15. The van der Waals surface area contributed by atoms with Gasteiger partial charge in [0, 0.05) is 29.3 Å². The third-order valence-electron chi connectivity index (χ3n) is 2.07. The van der Waals surface area contributed by atoms with Crippen LogP contribution in [0.1, 0.15) is 23.7 Å². The number of hydrogen-bond donors (Lipinski definition) is 1. The highest BCUT2D eigenvalue weighted by Gasteiger charge is 2.11. The second-order valence-electron chi connectivity index (χ2n) is 3.50. The molecule has 0 aromatic heterocycles. The predicted molar refractivity (Wildman–Crippen MR) is 65.8 cm³/mol. The number of rotatable bonds is 3. The molecule has 1 aromatic rings. The lowest BCUT2D eigenvalue weighted by Gasteiger charge is -2.16. The third-order valence-corrected chi connectivity index (χ3v) is 2.53. The van der Waals surface area contributed by atoms with Crippen LogP contribution in [-0.4, -0.2) is 24.4 Å². The first-order valence-corrected chi connectivity index (χ1v) is 5.65. The lowest BCUT2D eigenvalue weighted by Crippen LogP contribution is -2.27. The van der Waals surface area contributed by atoms with Crippen LogP contribution < -0.4 is 5.73 Å². The lowest BCUT2D eigenvalue weighted by molar-refractivity contribution is 0.0795. The first kappa shape index (κ1) is 12.0. The van der Waals surface area contributed by atoms with Gasteiger partial charge in [0.05, 0.1) is 0 Å². The predicted octanol–water partition coefficient (Wildman–Crippen LogP) is 2.51. The smallest absolute Gasteiger partial charge is 0.253 e. The number of halogens is 1. The van der Waals surface area contributed by atoms with Crippen molar-refractivity contribution in [1.29, 1.82) is 0 Å². The van der Waals surface area contributed by atoms with Gasteiger partial charge in [0.1, 0.15) is 0 Å². The molecule has 0 bridgehead atoms. The summed E-state index contributed by atoms with van der Waals surface area (Å²) in [6.45, 7) is 2.80. The molecule has 1 amide bonds. The van der Waals surface area contributed by atoms with Crippen molar-refractivity contribution in [2.75, 3.05) is 19.3 Å². The minimum atomic E-state index is 0.00449. The van der Waals surface area contributed by atoms with E-state index in [0.717, 1.165) is 17.4 Å². The molecule has 0 spiro atoms. The van der Waals surface area contributed by atoms with Crippen LogP contribution in [0.2, 0.25) is 0 Å². The molecule has 1 rings (SSSR count). The number of carbonyl (C=O) groups excluding carboxylic acids is 1. The number of benzene rings is 1. The van der Waals surface area contributed by atoms with Gasteiger partial charge in [-0.2, -0.15) is 0 Å². The molecule has 0 saturated carbocycles. The van der Waals surface area contributed by atoms with Crippen LogP contribution in [0.25, 0.3) is 0 Å². The van der Waals surface area contributed by atoms with Crippen molar-refractivity contribution in [2.45, 2.75) is 13.3 Å². The average molecular weight is 271 g/mol. The number of anilines is 1. The lowest BCUT2D eigenvalue weighted by atomic mass is 10.2. The number of carbonyl (C=O) groups is 1. The van der Waals surface area contributed by atoms with Crippen molar-refractivity contribution >= 4 is 27.5 Å². The first-order valence-electron chi connectivity index (χ1n) is 4.86. The number of nitrogens with zero attached hydrogens (tertiary/aromatic N) is 1. The monoisotopic (exact) mass is 270 g/mol. The number of hydrogen-bond acceptors (Lipinski definition) is 2. The summed E-state index contributed by atoms with van der Waals surface area (Å²) >= 11 is 3.32. The highest BCUT2D eigenvalue weighted by atomic mass is 79.9. The molecule has 3 nitrogen and oxygen atoms in total. The quantitative estimate of drug-likeness (QED) is 0.858. The van der Waals surface area contributed by atoms with Gasteiger partial charge in [-0.25, -0.2) is 0 Å². The maximum atomic E-state index is 11.9. The molecule has 0 radical (unpaired) electrons. The Morgan fingerprint density at radius 2 is 2.13 bits per heavy atom. The van der Waals surface area contributed by atoms with Crippen molar-refractivity contribution in [1.82, 2.24) is 4.90 Å². The molecule has 1 aromatic carbocycles. The fourth-order valence-corrected chi connectivity index (χ4v) is 1.90. The molecule has 0 aliphatic heterocycles. The SMILES string of the molecule is CCCN(C)C(=O)c1cc(N)cc(Br)c1. The molecule has 0 fully saturated rings. The van der Waals surface area contributed by atoms with Crippen molar-refractivity contribution in [3.05, 3.63) is 28.2 Å². The molecule has 0 aliphatic carbocycles. The molecule has 0 saturated heterocycles. The zero-order valence-electron chi connectivity index (χ0n) is 8.96. The van der Waals surface area contributed by atoms with Gasteiger partial charge in [-0.1, -0.05) is 22.9 Å².